The number of benzene rings is 1. The van der Waals surface area contributed by atoms with Crippen LogP contribution < -0.4 is 15.4 Å². The topological polar surface area (TPSA) is 97.7 Å². The van der Waals surface area contributed by atoms with Gasteiger partial charge in [0.05, 0.1) is 23.7 Å². The normalized spacial score (nSPS) is 11.2. The van der Waals surface area contributed by atoms with E-state index in [-0.39, 0.29) is 52.5 Å². The van der Waals surface area contributed by atoms with Gasteiger partial charge >= 0.3 is 0 Å². The Balaban J connectivity index is 1.82. The average Bonchev–Trinajstić information content (AvgIpc) is 2.79. The van der Waals surface area contributed by atoms with Crippen molar-refractivity contribution in [3.8, 4) is 5.75 Å². The van der Waals surface area contributed by atoms with E-state index in [0.29, 0.717) is 5.02 Å². The Bertz CT molecular complexity index is 1210. The van der Waals surface area contributed by atoms with E-state index < -0.39 is 17.5 Å². The van der Waals surface area contributed by atoms with E-state index in [1.807, 2.05) is 0 Å². The highest BCUT2D eigenvalue weighted by Crippen LogP contribution is 2.23. The highest BCUT2D eigenvalue weighted by molar-refractivity contribution is 6.36. The fourth-order valence-electron chi connectivity index (χ4n) is 2.79. The van der Waals surface area contributed by atoms with Gasteiger partial charge in [0, 0.05) is 18.0 Å². The lowest BCUT2D eigenvalue weighted by molar-refractivity contribution is 0.0950. The van der Waals surface area contributed by atoms with Crippen molar-refractivity contribution in [2.75, 3.05) is 25.6 Å². The van der Waals surface area contributed by atoms with Crippen LogP contribution in [0.5, 0.6) is 5.75 Å². The predicted molar refractivity (Wildman–Crippen MR) is 125 cm³/mol. The summed E-state index contributed by atoms with van der Waals surface area (Å²) in [7, 11) is 1.38. The molecule has 12 heteroatoms. The molecule has 0 radical (unpaired) electrons. The van der Waals surface area contributed by atoms with E-state index >= 15 is 0 Å². The summed E-state index contributed by atoms with van der Waals surface area (Å²) in [6.07, 6.45) is 1.39. The molecule has 0 aliphatic rings. The predicted octanol–water partition coefficient (Wildman–Crippen LogP) is 4.98. The van der Waals surface area contributed by atoms with Crippen LogP contribution in [0.4, 0.5) is 20.3 Å². The second-order valence-electron chi connectivity index (χ2n) is 6.65. The molecule has 0 atom stereocenters. The molecule has 1 aromatic carbocycles. The number of oxime groups is 1. The SMILES string of the molecule is CCON=C(CNC(=O)c1nc(Nc2cc(F)cc(F)c2)ccc1OC)c1ncc(Cl)cc1Cl. The minimum Gasteiger partial charge on any atom is -0.494 e. The Hall–Kier alpha value is -3.50. The first-order valence-corrected chi connectivity index (χ1v) is 10.6. The first-order chi connectivity index (χ1) is 16.3. The minimum atomic E-state index is -0.760. The van der Waals surface area contributed by atoms with E-state index in [4.69, 9.17) is 32.8 Å². The fraction of sp³-hybridized carbons (Fsp3) is 0.182. The maximum atomic E-state index is 13.5. The Labute approximate surface area is 203 Å². The number of carbonyl (C=O) groups excluding carboxylic acids is 1. The standard InChI is InChI=1S/C22H19Cl2F2N5O3/c1-3-34-31-17(20-16(24)6-12(23)10-27-20)11-28-22(32)21-18(33-2)4-5-19(30-21)29-15-8-13(25)7-14(26)9-15/h4-10H,3,11H2,1-2H3,(H,28,32)(H,29,30). The van der Waals surface area contributed by atoms with Crippen molar-refractivity contribution < 1.29 is 23.1 Å². The molecule has 0 bridgehead atoms. The van der Waals surface area contributed by atoms with Crippen LogP contribution in [0, 0.1) is 11.6 Å². The van der Waals surface area contributed by atoms with Gasteiger partial charge in [0.15, 0.2) is 5.69 Å². The van der Waals surface area contributed by atoms with Gasteiger partial charge in [-0.2, -0.15) is 0 Å². The molecule has 0 saturated carbocycles. The van der Waals surface area contributed by atoms with Crippen LogP contribution in [0.3, 0.4) is 0 Å². The lowest BCUT2D eigenvalue weighted by atomic mass is 10.2. The molecule has 1 amide bonds. The number of rotatable bonds is 9. The Morgan fingerprint density at radius 2 is 1.85 bits per heavy atom. The zero-order valence-corrected chi connectivity index (χ0v) is 19.5. The van der Waals surface area contributed by atoms with E-state index in [1.165, 1.54) is 31.5 Å². The third-order valence-electron chi connectivity index (χ3n) is 4.23. The summed E-state index contributed by atoms with van der Waals surface area (Å²) < 4.78 is 32.2. The highest BCUT2D eigenvalue weighted by Gasteiger charge is 2.19. The number of nitrogens with one attached hydrogen (secondary N) is 2. The van der Waals surface area contributed by atoms with Crippen molar-refractivity contribution in [1.29, 1.82) is 0 Å². The quantitative estimate of drug-likeness (QED) is 0.311. The summed E-state index contributed by atoms with van der Waals surface area (Å²) in [5.41, 5.74) is 0.579. The van der Waals surface area contributed by atoms with Gasteiger partial charge in [-0.15, -0.1) is 0 Å². The molecule has 2 heterocycles. The second kappa shape index (κ2) is 11.6. The molecule has 0 aliphatic carbocycles. The van der Waals surface area contributed by atoms with Crippen LogP contribution in [0.25, 0.3) is 0 Å². The lowest BCUT2D eigenvalue weighted by Crippen LogP contribution is -2.31. The Morgan fingerprint density at radius 1 is 1.12 bits per heavy atom. The maximum absolute atomic E-state index is 13.5. The van der Waals surface area contributed by atoms with Crippen LogP contribution in [-0.2, 0) is 4.84 Å². The first-order valence-electron chi connectivity index (χ1n) is 9.87. The largest absolute Gasteiger partial charge is 0.494 e. The number of pyridine rings is 2. The molecule has 8 nitrogen and oxygen atoms in total. The molecular weight excluding hydrogens is 491 g/mol. The van der Waals surface area contributed by atoms with Gasteiger partial charge in [0.25, 0.3) is 5.91 Å². The summed E-state index contributed by atoms with van der Waals surface area (Å²) in [5.74, 6) is -1.78. The number of methoxy groups -OCH3 is 1. The van der Waals surface area contributed by atoms with Crippen molar-refractivity contribution in [3.05, 3.63) is 75.7 Å². The third-order valence-corrected chi connectivity index (χ3v) is 4.72. The van der Waals surface area contributed by atoms with Gasteiger partial charge in [-0.3, -0.25) is 9.78 Å². The smallest absolute Gasteiger partial charge is 0.274 e. The maximum Gasteiger partial charge on any atom is 0.274 e. The number of hydrogen-bond acceptors (Lipinski definition) is 7. The first kappa shape index (κ1) is 25.1. The van der Waals surface area contributed by atoms with Crippen molar-refractivity contribution in [2.45, 2.75) is 6.92 Å². The molecule has 0 unspecified atom stereocenters. The summed E-state index contributed by atoms with van der Waals surface area (Å²) in [6.45, 7) is 1.92. The molecule has 3 aromatic rings. The summed E-state index contributed by atoms with van der Waals surface area (Å²) in [4.78, 5) is 26.4. The van der Waals surface area contributed by atoms with Crippen LogP contribution in [0.1, 0.15) is 23.1 Å². The molecular formula is C22H19Cl2F2N5O3. The van der Waals surface area contributed by atoms with Gasteiger partial charge in [-0.25, -0.2) is 13.8 Å². The monoisotopic (exact) mass is 509 g/mol. The van der Waals surface area contributed by atoms with Gasteiger partial charge in [0.1, 0.15) is 41.2 Å². The molecule has 3 rings (SSSR count). The van der Waals surface area contributed by atoms with Crippen LogP contribution in [-0.4, -0.2) is 41.8 Å². The number of nitrogens with zero attached hydrogens (tertiary/aromatic N) is 3. The van der Waals surface area contributed by atoms with Crippen molar-refractivity contribution in [2.24, 2.45) is 5.16 Å². The lowest BCUT2D eigenvalue weighted by Gasteiger charge is -2.13. The van der Waals surface area contributed by atoms with Gasteiger partial charge in [0.2, 0.25) is 0 Å². The van der Waals surface area contributed by atoms with Crippen molar-refractivity contribution >= 4 is 46.3 Å². The molecule has 0 saturated heterocycles. The summed E-state index contributed by atoms with van der Waals surface area (Å²) in [6, 6.07) is 7.41. The van der Waals surface area contributed by atoms with E-state index in [2.05, 4.69) is 25.8 Å². The molecule has 2 aromatic heterocycles. The third kappa shape index (κ3) is 6.52. The van der Waals surface area contributed by atoms with Crippen LogP contribution >= 0.6 is 23.2 Å². The molecule has 2 N–H and O–H groups in total. The second-order valence-corrected chi connectivity index (χ2v) is 7.50. The van der Waals surface area contributed by atoms with E-state index in [9.17, 15) is 13.6 Å². The molecule has 34 heavy (non-hydrogen) atoms. The Morgan fingerprint density at radius 3 is 2.50 bits per heavy atom. The van der Waals surface area contributed by atoms with Gasteiger partial charge in [-0.1, -0.05) is 28.4 Å². The molecule has 0 aliphatic heterocycles. The highest BCUT2D eigenvalue weighted by atomic mass is 35.5. The number of carbonyl (C=O) groups is 1. The fourth-order valence-corrected chi connectivity index (χ4v) is 3.28. The van der Waals surface area contributed by atoms with E-state index in [1.54, 1.807) is 6.92 Å². The summed E-state index contributed by atoms with van der Waals surface area (Å²) >= 11 is 12.1. The average molecular weight is 510 g/mol. The molecule has 0 fully saturated rings. The number of anilines is 2. The number of aromatic nitrogens is 2. The zero-order chi connectivity index (χ0) is 24.7. The van der Waals surface area contributed by atoms with Crippen molar-refractivity contribution in [3.63, 3.8) is 0 Å². The zero-order valence-electron chi connectivity index (χ0n) is 18.0. The van der Waals surface area contributed by atoms with Crippen molar-refractivity contribution in [1.82, 2.24) is 15.3 Å². The number of ether oxygens (including phenoxy) is 1. The Kier molecular flexibility index (Phi) is 8.55. The number of hydrogen-bond donors (Lipinski definition) is 2. The molecule has 178 valence electrons. The summed E-state index contributed by atoms with van der Waals surface area (Å²) in [5, 5.41) is 9.96. The molecule has 0 spiro atoms. The number of halogens is 4. The van der Waals surface area contributed by atoms with E-state index in [0.717, 1.165) is 18.2 Å². The number of amides is 1. The van der Waals surface area contributed by atoms with Gasteiger partial charge in [-0.05, 0) is 37.3 Å². The van der Waals surface area contributed by atoms with Crippen LogP contribution in [0.15, 0.2) is 47.8 Å². The van der Waals surface area contributed by atoms with Crippen LogP contribution in [0.2, 0.25) is 10.0 Å². The minimum absolute atomic E-state index is 0.0738. The van der Waals surface area contributed by atoms with Gasteiger partial charge < -0.3 is 20.2 Å².